The molecule has 48 heavy (non-hydrogen) atoms. The van der Waals surface area contributed by atoms with Gasteiger partial charge in [0.2, 0.25) is 0 Å². The Balaban J connectivity index is 1.38. The lowest BCUT2D eigenvalue weighted by Crippen LogP contribution is -2.67. The number of para-hydroxylation sites is 2. The van der Waals surface area contributed by atoms with Gasteiger partial charge in [-0.2, -0.15) is 0 Å². The highest BCUT2D eigenvalue weighted by molar-refractivity contribution is 7.90. The molecule has 1 aliphatic rings. The number of aliphatic hydroxyl groups is 2. The van der Waals surface area contributed by atoms with Crippen molar-refractivity contribution in [3.63, 3.8) is 0 Å². The number of fused-ring (bicyclic) bond motifs is 1. The summed E-state index contributed by atoms with van der Waals surface area (Å²) in [7, 11) is -7.21. The first-order valence-electron chi connectivity index (χ1n) is 16.0. The predicted molar refractivity (Wildman–Crippen MR) is 187 cm³/mol. The highest BCUT2D eigenvalue weighted by Crippen LogP contribution is 2.40. The molecule has 6 rings (SSSR count). The third kappa shape index (κ3) is 6.16. The third-order valence-electron chi connectivity index (χ3n) is 8.83. The van der Waals surface area contributed by atoms with Gasteiger partial charge in [-0.1, -0.05) is 112 Å². The van der Waals surface area contributed by atoms with E-state index in [1.165, 1.54) is 12.1 Å². The van der Waals surface area contributed by atoms with Gasteiger partial charge in [0.25, 0.3) is 18.3 Å². The molecule has 1 aromatic heterocycles. The van der Waals surface area contributed by atoms with Crippen LogP contribution < -0.4 is 10.4 Å². The fourth-order valence-electron chi connectivity index (χ4n) is 6.73. The number of benzene rings is 4. The van der Waals surface area contributed by atoms with Gasteiger partial charge in [0.05, 0.1) is 22.5 Å². The van der Waals surface area contributed by atoms with E-state index in [0.717, 1.165) is 14.3 Å². The van der Waals surface area contributed by atoms with E-state index in [1.807, 2.05) is 36.4 Å². The summed E-state index contributed by atoms with van der Waals surface area (Å²) in [6.07, 6.45) is -5.11. The monoisotopic (exact) mass is 686 g/mol. The van der Waals surface area contributed by atoms with Gasteiger partial charge >= 0.3 is 0 Å². The molecule has 5 aromatic rings. The molecule has 0 aliphatic carbocycles. The largest absolute Gasteiger partial charge is 0.405 e. The van der Waals surface area contributed by atoms with Crippen LogP contribution in [0.2, 0.25) is 5.04 Å². The van der Waals surface area contributed by atoms with Gasteiger partial charge in [-0.25, -0.2) is 17.4 Å². The zero-order chi connectivity index (χ0) is 34.3. The highest BCUT2D eigenvalue weighted by Gasteiger charge is 2.53. The minimum Gasteiger partial charge on any atom is -0.405 e. The second-order valence-electron chi connectivity index (χ2n) is 13.6. The molecular weight excluding hydrogens is 645 g/mol. The van der Waals surface area contributed by atoms with Crippen molar-refractivity contribution in [1.82, 2.24) is 8.96 Å². The topological polar surface area (TPSA) is 120 Å². The zero-order valence-electron chi connectivity index (χ0n) is 27.7. The fraction of sp³-hybridized carbons (Fsp3) is 0.324. The predicted octanol–water partition coefficient (Wildman–Crippen LogP) is 4.76. The van der Waals surface area contributed by atoms with Crippen molar-refractivity contribution in [2.45, 2.75) is 74.8 Å². The Labute approximate surface area is 282 Å². The van der Waals surface area contributed by atoms with E-state index in [-0.39, 0.29) is 22.4 Å². The summed E-state index contributed by atoms with van der Waals surface area (Å²) in [4.78, 5) is 4.62. The Hall–Kier alpha value is -3.68. The molecule has 1 aliphatic heterocycles. The van der Waals surface area contributed by atoms with Gasteiger partial charge in [0, 0.05) is 0 Å². The van der Waals surface area contributed by atoms with Crippen molar-refractivity contribution >= 4 is 39.7 Å². The van der Waals surface area contributed by atoms with Crippen molar-refractivity contribution in [3.05, 3.63) is 121 Å². The fourth-order valence-corrected chi connectivity index (χ4v) is 12.8. The number of rotatable bonds is 10. The lowest BCUT2D eigenvalue weighted by atomic mass is 10.0. The molecule has 1 fully saturated rings. The van der Waals surface area contributed by atoms with Crippen molar-refractivity contribution in [1.29, 1.82) is 0 Å². The molecule has 2 heterocycles. The average molecular weight is 687 g/mol. The standard InChI is InChI=1S/C37H42N2O7SSi/c1-36(2,3)48(27-19-11-7-12-20-27,28-21-13-8-14-22-28)44-25-31(40)33-34(46-37(4,5)45-33)32(41)35-38-29-23-15-16-24-30(29)39(35)47(42,43)26-17-9-6-10-18-26/h6-24,31-34,40-41H,25H2,1-5H3/t31-,32?,33-,34-/m1/s1. The molecule has 4 aromatic carbocycles. The van der Waals surface area contributed by atoms with E-state index in [0.29, 0.717) is 11.0 Å². The van der Waals surface area contributed by atoms with Crippen LogP contribution in [0, 0.1) is 0 Å². The summed E-state index contributed by atoms with van der Waals surface area (Å²) in [5.74, 6) is -1.35. The van der Waals surface area contributed by atoms with Crippen LogP contribution in [0.25, 0.3) is 11.0 Å². The molecular formula is C37H42N2O7SSi. The average Bonchev–Trinajstić information content (AvgIpc) is 3.63. The molecule has 252 valence electrons. The van der Waals surface area contributed by atoms with Gasteiger partial charge in [-0.3, -0.25) is 0 Å². The van der Waals surface area contributed by atoms with E-state index in [9.17, 15) is 18.6 Å². The molecule has 0 spiro atoms. The Morgan fingerprint density at radius 1 is 0.812 bits per heavy atom. The van der Waals surface area contributed by atoms with Crippen LogP contribution in [0.5, 0.6) is 0 Å². The molecule has 0 saturated carbocycles. The Kier molecular flexibility index (Phi) is 9.24. The zero-order valence-corrected chi connectivity index (χ0v) is 29.5. The maximum Gasteiger partial charge on any atom is 0.269 e. The summed E-state index contributed by atoms with van der Waals surface area (Å²) >= 11 is 0. The smallest absolute Gasteiger partial charge is 0.269 e. The van der Waals surface area contributed by atoms with E-state index >= 15 is 0 Å². The van der Waals surface area contributed by atoms with Crippen LogP contribution in [-0.2, 0) is 23.9 Å². The summed E-state index contributed by atoms with van der Waals surface area (Å²) in [5.41, 5.74) is 0.692. The molecule has 2 N–H and O–H groups in total. The number of ether oxygens (including phenoxy) is 2. The molecule has 9 nitrogen and oxygen atoms in total. The second kappa shape index (κ2) is 13.0. The van der Waals surface area contributed by atoms with Crippen LogP contribution >= 0.6 is 0 Å². The SMILES string of the molecule is CC1(C)O[C@H]([C@H](O)CO[Si](c2ccccc2)(c2ccccc2)C(C)(C)C)[C@@H](C(O)c2nc3ccccc3n2S(=O)(=O)c2ccccc2)O1. The summed E-state index contributed by atoms with van der Waals surface area (Å²) in [6, 6.07) is 34.9. The maximum atomic E-state index is 14.0. The molecule has 1 unspecified atom stereocenters. The van der Waals surface area contributed by atoms with Gasteiger partial charge < -0.3 is 24.1 Å². The summed E-state index contributed by atoms with van der Waals surface area (Å²) < 4.78 is 48.6. The lowest BCUT2D eigenvalue weighted by molar-refractivity contribution is -0.162. The first-order valence-corrected chi connectivity index (χ1v) is 19.4. The summed E-state index contributed by atoms with van der Waals surface area (Å²) in [5, 5.41) is 25.6. The highest BCUT2D eigenvalue weighted by atomic mass is 32.2. The molecule has 0 radical (unpaired) electrons. The van der Waals surface area contributed by atoms with Gasteiger partial charge in [0.15, 0.2) is 11.6 Å². The van der Waals surface area contributed by atoms with Crippen molar-refractivity contribution in [2.75, 3.05) is 6.61 Å². The normalized spacial score (nSPS) is 19.7. The van der Waals surface area contributed by atoms with E-state index < -0.39 is 48.5 Å². The number of aromatic nitrogens is 2. The summed E-state index contributed by atoms with van der Waals surface area (Å²) in [6.45, 7) is 9.69. The minimum atomic E-state index is -4.19. The van der Waals surface area contributed by atoms with E-state index in [2.05, 4.69) is 50.0 Å². The lowest BCUT2D eigenvalue weighted by Gasteiger charge is -2.43. The molecule has 1 saturated heterocycles. The van der Waals surface area contributed by atoms with Crippen LogP contribution in [-0.4, -0.2) is 66.6 Å². The van der Waals surface area contributed by atoms with Gasteiger partial charge in [-0.05, 0) is 53.5 Å². The number of aliphatic hydroxyl groups excluding tert-OH is 2. The van der Waals surface area contributed by atoms with Crippen LogP contribution in [0.15, 0.2) is 120 Å². The minimum absolute atomic E-state index is 0.0424. The molecule has 4 atom stereocenters. The van der Waals surface area contributed by atoms with Crippen LogP contribution in [0.1, 0.15) is 46.5 Å². The maximum absolute atomic E-state index is 14.0. The van der Waals surface area contributed by atoms with Crippen molar-refractivity contribution < 1.29 is 32.5 Å². The third-order valence-corrected chi connectivity index (χ3v) is 15.6. The number of hydrogen-bond acceptors (Lipinski definition) is 8. The quantitative estimate of drug-likeness (QED) is 0.202. The second-order valence-corrected chi connectivity index (χ2v) is 19.7. The number of imidazole rings is 1. The number of nitrogens with zero attached hydrogens (tertiary/aromatic N) is 2. The molecule has 11 heteroatoms. The first kappa shape index (κ1) is 34.2. The van der Waals surface area contributed by atoms with Gasteiger partial charge in [0.1, 0.15) is 24.4 Å². The van der Waals surface area contributed by atoms with Crippen LogP contribution in [0.4, 0.5) is 0 Å². The van der Waals surface area contributed by atoms with Gasteiger partial charge in [-0.15, -0.1) is 0 Å². The van der Waals surface area contributed by atoms with Crippen molar-refractivity contribution in [3.8, 4) is 0 Å². The Morgan fingerprint density at radius 2 is 1.31 bits per heavy atom. The van der Waals surface area contributed by atoms with E-state index in [1.54, 1.807) is 56.3 Å². The number of hydrogen-bond donors (Lipinski definition) is 2. The molecule has 0 amide bonds. The Bertz CT molecular complexity index is 1920. The van der Waals surface area contributed by atoms with Crippen LogP contribution in [0.3, 0.4) is 0 Å². The Morgan fingerprint density at radius 3 is 1.88 bits per heavy atom. The first-order chi connectivity index (χ1) is 22.8. The molecule has 0 bridgehead atoms. The van der Waals surface area contributed by atoms with E-state index in [4.69, 9.17) is 13.9 Å². The van der Waals surface area contributed by atoms with Crippen molar-refractivity contribution in [2.24, 2.45) is 0 Å².